The van der Waals surface area contributed by atoms with Gasteiger partial charge in [-0.25, -0.2) is 9.78 Å². The van der Waals surface area contributed by atoms with Crippen LogP contribution in [0.4, 0.5) is 0 Å². The van der Waals surface area contributed by atoms with Crippen molar-refractivity contribution in [3.8, 4) is 11.4 Å². The number of benzene rings is 2. The van der Waals surface area contributed by atoms with Crippen LogP contribution in [0.5, 0.6) is 0 Å². The Morgan fingerprint density at radius 1 is 1.15 bits per heavy atom. The Kier molecular flexibility index (Phi) is 4.66. The normalized spacial score (nSPS) is 16.4. The largest absolute Gasteiger partial charge is 0.420 e. The van der Waals surface area contributed by atoms with Crippen molar-refractivity contribution >= 4 is 44.5 Å². The van der Waals surface area contributed by atoms with Crippen molar-refractivity contribution in [3.05, 3.63) is 63.4 Å². The Labute approximate surface area is 195 Å². The van der Waals surface area contributed by atoms with E-state index in [9.17, 15) is 14.4 Å². The van der Waals surface area contributed by atoms with Crippen LogP contribution in [0.3, 0.4) is 0 Å². The summed E-state index contributed by atoms with van der Waals surface area (Å²) in [4.78, 5) is 45.3. The van der Waals surface area contributed by atoms with Gasteiger partial charge in [0.15, 0.2) is 5.58 Å². The van der Waals surface area contributed by atoms with Crippen LogP contribution >= 0.6 is 11.3 Å². The zero-order valence-corrected chi connectivity index (χ0v) is 18.7. The Balaban J connectivity index is 1.30. The fourth-order valence-corrected chi connectivity index (χ4v) is 5.02. The lowest BCUT2D eigenvalue weighted by Gasteiger charge is -2.21. The summed E-state index contributed by atoms with van der Waals surface area (Å²) in [5, 5.41) is 7.37. The maximum absolute atomic E-state index is 12.5. The number of carbonyl (C=O) groups is 2. The summed E-state index contributed by atoms with van der Waals surface area (Å²) in [6.07, 6.45) is 0.723. The number of oxazole rings is 1. The monoisotopic (exact) mass is 475 g/mol. The van der Waals surface area contributed by atoms with Gasteiger partial charge in [-0.2, -0.15) is 4.98 Å². The Bertz CT molecular complexity index is 1660. The van der Waals surface area contributed by atoms with Gasteiger partial charge in [-0.3, -0.25) is 19.5 Å². The van der Waals surface area contributed by atoms with Crippen molar-refractivity contribution in [2.45, 2.75) is 32.2 Å². The molecule has 1 unspecified atom stereocenters. The van der Waals surface area contributed by atoms with E-state index in [4.69, 9.17) is 8.94 Å². The highest BCUT2D eigenvalue weighted by Gasteiger charge is 2.31. The molecular formula is C23H17N5O5S. The summed E-state index contributed by atoms with van der Waals surface area (Å²) in [5.41, 5.74) is 3.33. The first-order valence-corrected chi connectivity index (χ1v) is 11.4. The van der Waals surface area contributed by atoms with Crippen molar-refractivity contribution in [1.29, 1.82) is 0 Å². The van der Waals surface area contributed by atoms with E-state index >= 15 is 0 Å². The molecule has 3 aromatic heterocycles. The van der Waals surface area contributed by atoms with E-state index in [0.717, 1.165) is 26.4 Å². The Hall–Kier alpha value is -4.12. The summed E-state index contributed by atoms with van der Waals surface area (Å²) >= 11 is 1.63. The molecule has 0 radical (unpaired) electrons. The number of nitrogens with zero attached hydrogens (tertiary/aromatic N) is 4. The quantitative estimate of drug-likeness (QED) is 0.392. The lowest BCUT2D eigenvalue weighted by Crippen LogP contribution is -2.43. The van der Waals surface area contributed by atoms with Crippen LogP contribution in [0, 0.1) is 6.92 Å². The molecule has 170 valence electrons. The summed E-state index contributed by atoms with van der Waals surface area (Å²) in [6, 6.07) is 10.3. The first-order chi connectivity index (χ1) is 16.4. The minimum Gasteiger partial charge on any atom is -0.408 e. The number of hydrogen-bond acceptors (Lipinski definition) is 9. The minimum atomic E-state index is -0.805. The second-order valence-corrected chi connectivity index (χ2v) is 9.35. The number of amides is 2. The molecule has 4 heterocycles. The van der Waals surface area contributed by atoms with Crippen LogP contribution < -0.4 is 11.1 Å². The molecule has 2 aromatic carbocycles. The lowest BCUT2D eigenvalue weighted by atomic mass is 10.1. The van der Waals surface area contributed by atoms with Crippen LogP contribution in [0.15, 0.2) is 50.1 Å². The Morgan fingerprint density at radius 3 is 2.88 bits per heavy atom. The molecule has 0 spiro atoms. The van der Waals surface area contributed by atoms with Gasteiger partial charge in [-0.1, -0.05) is 11.2 Å². The van der Waals surface area contributed by atoms with Gasteiger partial charge in [0.2, 0.25) is 23.5 Å². The maximum Gasteiger partial charge on any atom is 0.420 e. The van der Waals surface area contributed by atoms with Crippen molar-refractivity contribution in [2.75, 3.05) is 0 Å². The highest BCUT2D eigenvalue weighted by Crippen LogP contribution is 2.27. The molecule has 10 nitrogen and oxygen atoms in total. The van der Waals surface area contributed by atoms with E-state index in [-0.39, 0.29) is 18.7 Å². The third-order valence-corrected chi connectivity index (χ3v) is 6.73. The van der Waals surface area contributed by atoms with Gasteiger partial charge in [0.05, 0.1) is 27.2 Å². The van der Waals surface area contributed by atoms with Gasteiger partial charge < -0.3 is 8.94 Å². The van der Waals surface area contributed by atoms with Crippen molar-refractivity contribution < 1.29 is 18.5 Å². The van der Waals surface area contributed by atoms with Crippen molar-refractivity contribution in [2.24, 2.45) is 0 Å². The molecule has 1 aliphatic heterocycles. The molecule has 11 heteroatoms. The lowest BCUT2D eigenvalue weighted by molar-refractivity contribution is -0.135. The molecule has 1 N–H and O–H groups in total. The molecule has 1 fully saturated rings. The molecule has 0 aliphatic carbocycles. The zero-order chi connectivity index (χ0) is 23.4. The van der Waals surface area contributed by atoms with Gasteiger partial charge in [0.25, 0.3) is 0 Å². The van der Waals surface area contributed by atoms with Gasteiger partial charge in [0, 0.05) is 12.0 Å². The van der Waals surface area contributed by atoms with E-state index in [1.54, 1.807) is 29.5 Å². The number of piperidine rings is 1. The van der Waals surface area contributed by atoms with E-state index in [1.807, 2.05) is 25.1 Å². The van der Waals surface area contributed by atoms with Crippen LogP contribution in [0.2, 0.25) is 0 Å². The molecule has 5 aromatic rings. The molecule has 0 bridgehead atoms. The predicted octanol–water partition coefficient (Wildman–Crippen LogP) is 3.13. The minimum absolute atomic E-state index is 0.159. The standard InChI is InChI=1S/C23H17N5O5S/c1-11-24-14-10-13(3-6-18(14)34-11)21-26-20(33-27-21)9-12-2-5-17-16(8-12)28(23(31)32-17)15-4-7-19(29)25-22(15)30/h2-3,5-6,8,10,15H,4,7,9H2,1H3,(H,25,29,30). The molecule has 0 saturated carbocycles. The average Bonchev–Trinajstić information content (AvgIpc) is 3.49. The summed E-state index contributed by atoms with van der Waals surface area (Å²) in [5.74, 6) is -0.636. The maximum atomic E-state index is 12.5. The second-order valence-electron chi connectivity index (χ2n) is 8.11. The average molecular weight is 475 g/mol. The first-order valence-electron chi connectivity index (χ1n) is 10.6. The van der Waals surface area contributed by atoms with Crippen LogP contribution in [-0.2, 0) is 16.0 Å². The molecule has 6 rings (SSSR count). The number of imide groups is 1. The fraction of sp³-hybridized carbons (Fsp3) is 0.217. The molecule has 34 heavy (non-hydrogen) atoms. The highest BCUT2D eigenvalue weighted by atomic mass is 32.1. The predicted molar refractivity (Wildman–Crippen MR) is 122 cm³/mol. The smallest absolute Gasteiger partial charge is 0.408 e. The summed E-state index contributed by atoms with van der Waals surface area (Å²) in [6.45, 7) is 1.97. The summed E-state index contributed by atoms with van der Waals surface area (Å²) < 4.78 is 13.2. The number of fused-ring (bicyclic) bond motifs is 2. The van der Waals surface area contributed by atoms with Crippen molar-refractivity contribution in [3.63, 3.8) is 0 Å². The van der Waals surface area contributed by atoms with Crippen LogP contribution in [-0.4, -0.2) is 31.5 Å². The first kappa shape index (κ1) is 20.5. The molecule has 1 saturated heterocycles. The van der Waals surface area contributed by atoms with Crippen LogP contribution in [0.1, 0.15) is 35.3 Å². The number of aryl methyl sites for hydroxylation is 1. The molecular weight excluding hydrogens is 458 g/mol. The number of thiazole rings is 1. The van der Waals surface area contributed by atoms with Crippen LogP contribution in [0.25, 0.3) is 32.7 Å². The molecule has 2 amide bonds. The van der Waals surface area contributed by atoms with Gasteiger partial charge in [-0.05, 0) is 49.2 Å². The topological polar surface area (TPSA) is 133 Å². The van der Waals surface area contributed by atoms with Gasteiger partial charge in [-0.15, -0.1) is 11.3 Å². The van der Waals surface area contributed by atoms with Crippen molar-refractivity contribution in [1.82, 2.24) is 25.0 Å². The highest BCUT2D eigenvalue weighted by molar-refractivity contribution is 7.18. The number of carbonyl (C=O) groups excluding carboxylic acids is 2. The van der Waals surface area contributed by atoms with E-state index in [0.29, 0.717) is 29.2 Å². The van der Waals surface area contributed by atoms with Gasteiger partial charge >= 0.3 is 5.76 Å². The van der Waals surface area contributed by atoms with E-state index in [2.05, 4.69) is 20.4 Å². The SMILES string of the molecule is Cc1nc2cc(-c3noc(Cc4ccc5oc(=O)n(C6CCC(=O)NC6=O)c5c4)n3)ccc2s1. The fourth-order valence-electron chi connectivity index (χ4n) is 4.21. The third-order valence-electron chi connectivity index (χ3n) is 5.77. The van der Waals surface area contributed by atoms with E-state index < -0.39 is 17.7 Å². The third kappa shape index (κ3) is 3.50. The Morgan fingerprint density at radius 2 is 2.03 bits per heavy atom. The second kappa shape index (κ2) is 7.73. The zero-order valence-electron chi connectivity index (χ0n) is 17.9. The molecule has 1 aliphatic rings. The number of nitrogens with one attached hydrogen (secondary N) is 1. The van der Waals surface area contributed by atoms with Gasteiger partial charge in [0.1, 0.15) is 6.04 Å². The number of aromatic nitrogens is 4. The number of hydrogen-bond donors (Lipinski definition) is 1. The molecule has 1 atom stereocenters. The summed E-state index contributed by atoms with van der Waals surface area (Å²) in [7, 11) is 0. The number of rotatable bonds is 4. The van der Waals surface area contributed by atoms with E-state index in [1.165, 1.54) is 4.57 Å².